The van der Waals surface area contributed by atoms with E-state index in [0.29, 0.717) is 12.6 Å². The summed E-state index contributed by atoms with van der Waals surface area (Å²) in [6, 6.07) is 3.63. The van der Waals surface area contributed by atoms with Gasteiger partial charge >= 0.3 is 0 Å². The van der Waals surface area contributed by atoms with Gasteiger partial charge in [-0.3, -0.25) is 9.80 Å². The van der Waals surface area contributed by atoms with E-state index in [0.717, 1.165) is 19.1 Å². The maximum absolute atomic E-state index is 8.64. The highest BCUT2D eigenvalue weighted by atomic mass is 15.3. The first-order valence-electron chi connectivity index (χ1n) is 5.16. The molecule has 2 atom stereocenters. The second kappa shape index (κ2) is 3.65. The van der Waals surface area contributed by atoms with Crippen molar-refractivity contribution in [2.45, 2.75) is 31.8 Å². The summed E-state index contributed by atoms with van der Waals surface area (Å²) in [7, 11) is 0. The first-order chi connectivity index (χ1) is 6.31. The maximum atomic E-state index is 8.64. The number of fused-ring (bicyclic) bond motifs is 1. The van der Waals surface area contributed by atoms with Gasteiger partial charge in [-0.15, -0.1) is 0 Å². The standard InChI is InChI=1S/C10H17N3/c1-9-7-12(6-4-11)8-10-3-2-5-13(9)10/h9-10H,2-3,5-8H2,1H3. The van der Waals surface area contributed by atoms with Gasteiger partial charge in [-0.2, -0.15) is 5.26 Å². The van der Waals surface area contributed by atoms with Crippen LogP contribution in [-0.4, -0.2) is 48.1 Å². The van der Waals surface area contributed by atoms with E-state index < -0.39 is 0 Å². The van der Waals surface area contributed by atoms with Crippen LogP contribution in [0.15, 0.2) is 0 Å². The van der Waals surface area contributed by atoms with E-state index in [1.807, 2.05) is 0 Å². The first-order valence-corrected chi connectivity index (χ1v) is 5.16. The van der Waals surface area contributed by atoms with Crippen LogP contribution in [0.1, 0.15) is 19.8 Å². The molecule has 3 nitrogen and oxygen atoms in total. The normalized spacial score (nSPS) is 35.7. The summed E-state index contributed by atoms with van der Waals surface area (Å²) in [5.41, 5.74) is 0. The summed E-state index contributed by atoms with van der Waals surface area (Å²) in [5, 5.41) is 8.64. The van der Waals surface area contributed by atoms with Gasteiger partial charge in [0.2, 0.25) is 0 Å². The predicted molar refractivity (Wildman–Crippen MR) is 51.2 cm³/mol. The Morgan fingerprint density at radius 3 is 3.08 bits per heavy atom. The molecule has 2 unspecified atom stereocenters. The Hall–Kier alpha value is -0.590. The molecule has 3 heteroatoms. The Kier molecular flexibility index (Phi) is 2.52. The lowest BCUT2D eigenvalue weighted by molar-refractivity contribution is 0.0670. The summed E-state index contributed by atoms with van der Waals surface area (Å²) >= 11 is 0. The molecule has 13 heavy (non-hydrogen) atoms. The molecular weight excluding hydrogens is 162 g/mol. The Bertz CT molecular complexity index is 221. The van der Waals surface area contributed by atoms with E-state index in [1.165, 1.54) is 19.4 Å². The Morgan fingerprint density at radius 2 is 2.31 bits per heavy atom. The van der Waals surface area contributed by atoms with Crippen molar-refractivity contribution in [3.8, 4) is 6.07 Å². The van der Waals surface area contributed by atoms with Crippen molar-refractivity contribution < 1.29 is 0 Å². The number of hydrogen-bond donors (Lipinski definition) is 0. The molecule has 2 fully saturated rings. The SMILES string of the molecule is CC1CN(CC#N)CC2CCCN12. The monoisotopic (exact) mass is 179 g/mol. The number of hydrogen-bond acceptors (Lipinski definition) is 3. The molecule has 0 saturated carbocycles. The average Bonchev–Trinajstić information content (AvgIpc) is 2.53. The number of nitriles is 1. The van der Waals surface area contributed by atoms with Crippen molar-refractivity contribution in [3.05, 3.63) is 0 Å². The molecule has 2 aliphatic heterocycles. The Labute approximate surface area is 79.9 Å². The van der Waals surface area contributed by atoms with Crippen LogP contribution < -0.4 is 0 Å². The molecule has 0 aliphatic carbocycles. The van der Waals surface area contributed by atoms with Gasteiger partial charge in [0.15, 0.2) is 0 Å². The third-order valence-corrected chi connectivity index (χ3v) is 3.27. The first kappa shape index (κ1) is 8.98. The van der Waals surface area contributed by atoms with Gasteiger partial charge in [-0.25, -0.2) is 0 Å². The highest BCUT2D eigenvalue weighted by Gasteiger charge is 2.34. The van der Waals surface area contributed by atoms with Crippen molar-refractivity contribution in [2.24, 2.45) is 0 Å². The van der Waals surface area contributed by atoms with E-state index in [2.05, 4.69) is 22.8 Å². The van der Waals surface area contributed by atoms with E-state index in [1.54, 1.807) is 0 Å². The molecule has 2 aliphatic rings. The molecule has 0 amide bonds. The third-order valence-electron chi connectivity index (χ3n) is 3.27. The zero-order valence-corrected chi connectivity index (χ0v) is 8.24. The second-order valence-electron chi connectivity index (χ2n) is 4.24. The smallest absolute Gasteiger partial charge is 0.0867 e. The van der Waals surface area contributed by atoms with E-state index in [9.17, 15) is 0 Å². The molecule has 0 bridgehead atoms. The molecule has 0 aromatic rings. The van der Waals surface area contributed by atoms with E-state index >= 15 is 0 Å². The molecule has 0 aromatic carbocycles. The molecule has 72 valence electrons. The molecular formula is C10H17N3. The minimum absolute atomic E-state index is 0.606. The highest BCUT2D eigenvalue weighted by molar-refractivity contribution is 4.93. The van der Waals surface area contributed by atoms with Gasteiger partial charge in [-0.1, -0.05) is 0 Å². The van der Waals surface area contributed by atoms with Crippen LogP contribution in [0, 0.1) is 11.3 Å². The van der Waals surface area contributed by atoms with Gasteiger partial charge in [0.1, 0.15) is 0 Å². The quantitative estimate of drug-likeness (QED) is 0.554. The zero-order valence-electron chi connectivity index (χ0n) is 8.24. The lowest BCUT2D eigenvalue weighted by Gasteiger charge is -2.41. The van der Waals surface area contributed by atoms with Crippen molar-refractivity contribution in [2.75, 3.05) is 26.2 Å². The van der Waals surface area contributed by atoms with E-state index in [4.69, 9.17) is 5.26 Å². The van der Waals surface area contributed by atoms with Crippen molar-refractivity contribution >= 4 is 0 Å². The van der Waals surface area contributed by atoms with Gasteiger partial charge in [0.05, 0.1) is 12.6 Å². The summed E-state index contributed by atoms with van der Waals surface area (Å²) in [6.45, 7) is 6.34. The Morgan fingerprint density at radius 1 is 1.46 bits per heavy atom. The van der Waals surface area contributed by atoms with Gasteiger partial charge in [0, 0.05) is 25.2 Å². The fourth-order valence-electron chi connectivity index (χ4n) is 2.71. The van der Waals surface area contributed by atoms with E-state index in [-0.39, 0.29) is 0 Å². The van der Waals surface area contributed by atoms with Crippen molar-refractivity contribution in [1.82, 2.24) is 9.80 Å². The lowest BCUT2D eigenvalue weighted by Crippen LogP contribution is -2.54. The number of rotatable bonds is 1. The van der Waals surface area contributed by atoms with Crippen LogP contribution in [0.5, 0.6) is 0 Å². The summed E-state index contributed by atoms with van der Waals surface area (Å²) in [4.78, 5) is 4.89. The fourth-order valence-corrected chi connectivity index (χ4v) is 2.71. The average molecular weight is 179 g/mol. The summed E-state index contributed by atoms with van der Waals surface area (Å²) in [5.74, 6) is 0. The van der Waals surface area contributed by atoms with Crippen LogP contribution in [-0.2, 0) is 0 Å². The van der Waals surface area contributed by atoms with Crippen LogP contribution in [0.2, 0.25) is 0 Å². The van der Waals surface area contributed by atoms with Gasteiger partial charge < -0.3 is 0 Å². The van der Waals surface area contributed by atoms with Crippen molar-refractivity contribution in [3.63, 3.8) is 0 Å². The number of piperazine rings is 1. The van der Waals surface area contributed by atoms with Gasteiger partial charge in [0.25, 0.3) is 0 Å². The van der Waals surface area contributed by atoms with Crippen LogP contribution >= 0.6 is 0 Å². The molecule has 0 radical (unpaired) electrons. The van der Waals surface area contributed by atoms with Crippen LogP contribution in [0.3, 0.4) is 0 Å². The largest absolute Gasteiger partial charge is 0.295 e. The molecule has 0 N–H and O–H groups in total. The Balaban J connectivity index is 1.98. The third kappa shape index (κ3) is 1.70. The molecule has 0 aromatic heterocycles. The van der Waals surface area contributed by atoms with Crippen LogP contribution in [0.25, 0.3) is 0 Å². The zero-order chi connectivity index (χ0) is 9.26. The predicted octanol–water partition coefficient (Wildman–Crippen LogP) is 0.678. The van der Waals surface area contributed by atoms with Crippen molar-refractivity contribution in [1.29, 1.82) is 5.26 Å². The summed E-state index contributed by atoms with van der Waals surface area (Å²) < 4.78 is 0. The molecule has 2 rings (SSSR count). The lowest BCUT2D eigenvalue weighted by atomic mass is 10.1. The molecule has 2 heterocycles. The topological polar surface area (TPSA) is 30.3 Å². The molecule has 2 saturated heterocycles. The summed E-state index contributed by atoms with van der Waals surface area (Å²) in [6.07, 6.45) is 2.67. The minimum Gasteiger partial charge on any atom is -0.295 e. The fraction of sp³-hybridized carbons (Fsp3) is 0.900. The maximum Gasteiger partial charge on any atom is 0.0867 e. The second-order valence-corrected chi connectivity index (χ2v) is 4.24. The molecule has 0 spiro atoms. The van der Waals surface area contributed by atoms with Gasteiger partial charge in [-0.05, 0) is 26.3 Å². The number of nitrogens with zero attached hydrogens (tertiary/aromatic N) is 3. The van der Waals surface area contributed by atoms with Crippen LogP contribution in [0.4, 0.5) is 0 Å². The highest BCUT2D eigenvalue weighted by Crippen LogP contribution is 2.24. The minimum atomic E-state index is 0.606.